The van der Waals surface area contributed by atoms with Crippen LogP contribution in [-0.2, 0) is 18.6 Å². The Hall–Kier alpha value is 3.40. The molecule has 0 aliphatic rings. The van der Waals surface area contributed by atoms with Gasteiger partial charge < -0.3 is 0 Å². The van der Waals surface area contributed by atoms with Crippen LogP contribution in [0.1, 0.15) is 0 Å². The van der Waals surface area contributed by atoms with Gasteiger partial charge in [-0.15, -0.1) is 0 Å². The summed E-state index contributed by atoms with van der Waals surface area (Å²) in [6.07, 6.45) is 0. The van der Waals surface area contributed by atoms with E-state index in [2.05, 4.69) is 2.76 Å². The molecule has 1 atom stereocenters. The molecule has 0 nitrogen and oxygen atoms in total. The number of hydrogen-bond donors (Lipinski definition) is 0. The summed E-state index contributed by atoms with van der Waals surface area (Å²) < 4.78 is 2.86. The molecule has 1 unspecified atom stereocenters. The molecule has 0 rings (SSSR count). The average Bonchev–Trinajstić information content (AvgIpc) is 0.918. The second-order valence-electron chi connectivity index (χ2n) is 0.236. The molecule has 0 aromatic rings. The van der Waals surface area contributed by atoms with Crippen molar-refractivity contribution >= 4 is 52.1 Å². The predicted octanol–water partition coefficient (Wildman–Crippen LogP) is -0.974. The molecule has 0 aliphatic heterocycles. The average molecular weight is 345 g/mol. The van der Waals surface area contributed by atoms with Crippen molar-refractivity contribution in [1.82, 2.24) is 0 Å². The zero-order valence-corrected chi connectivity index (χ0v) is 12.6. The Labute approximate surface area is 68.2 Å². The van der Waals surface area contributed by atoms with E-state index in [9.17, 15) is 0 Å². The van der Waals surface area contributed by atoms with Gasteiger partial charge in [0.15, 0.2) is 0 Å². The molecule has 4 heteroatoms. The van der Waals surface area contributed by atoms with Crippen LogP contribution in [0.2, 0.25) is 0 Å². The van der Waals surface area contributed by atoms with Crippen LogP contribution in [-0.4, -0.2) is 49.4 Å². The molecule has 0 bridgehead atoms. The Morgan fingerprint density at radius 2 is 1.75 bits per heavy atom. The van der Waals surface area contributed by atoms with Crippen LogP contribution < -0.4 is 0 Å². The topological polar surface area (TPSA) is 0 Å². The van der Waals surface area contributed by atoms with Crippen molar-refractivity contribution in [2.45, 2.75) is 0 Å². The van der Waals surface area contributed by atoms with Crippen LogP contribution in [0.5, 0.6) is 0 Å². The Bertz CT molecular complexity index is 8.00. The second-order valence-corrected chi connectivity index (χ2v) is 34.5. The van der Waals surface area contributed by atoms with Crippen molar-refractivity contribution in [3.8, 4) is 0 Å². The molecule has 0 N–H and O–H groups in total. The molecule has 0 aliphatic carbocycles. The fourth-order valence-electron chi connectivity index (χ4n) is 0. The first-order valence-corrected chi connectivity index (χ1v) is 28.9. The molecule has 0 saturated carbocycles. The van der Waals surface area contributed by atoms with E-state index in [1.54, 1.807) is 12.3 Å². The molecule has 0 spiro atoms. The normalized spacial score (nSPS) is 2.50. The SMILES string of the molecule is [PH2][Ba][SbH2].[V]. The van der Waals surface area contributed by atoms with Gasteiger partial charge in [0.05, 0.1) is 0 Å². The summed E-state index contributed by atoms with van der Waals surface area (Å²) in [5, 5.41) is 0. The van der Waals surface area contributed by atoms with Crippen molar-refractivity contribution in [3.63, 3.8) is 0 Å². The molecule has 0 amide bonds. The molecule has 0 aromatic carbocycles. The quantitative estimate of drug-likeness (QED) is 0.392. The first-order valence-electron chi connectivity index (χ1n) is 0.816. The number of hydrogen-bond acceptors (Lipinski definition) is 0. The van der Waals surface area contributed by atoms with Crippen LogP contribution >= 0.6 is 2.76 Å². The zero-order valence-electron chi connectivity index (χ0n) is 2.31. The standard InChI is InChI=1S/Ba.H2P.Sb.V.2H/h;1H2;;;;/q+1;-1;;;;. The van der Waals surface area contributed by atoms with E-state index in [1.165, 1.54) is 0 Å². The maximum Gasteiger partial charge on any atom is 0 e. The first-order chi connectivity index (χ1) is 1.41. The Kier molecular flexibility index (Phi) is 25.1. The molecule has 0 aromatic heterocycles. The Balaban J connectivity index is 0. The predicted molar refractivity (Wildman–Crippen MR) is 24.0 cm³/mol. The van der Waals surface area contributed by atoms with Gasteiger partial charge in [0.2, 0.25) is 0 Å². The molecule has 4 heavy (non-hydrogen) atoms. The maximum absolute atomic E-state index is 2.86. The van der Waals surface area contributed by atoms with E-state index in [-0.39, 0.29) is 55.6 Å². The van der Waals surface area contributed by atoms with E-state index in [0.29, 0.717) is 0 Å². The van der Waals surface area contributed by atoms with Crippen molar-refractivity contribution in [3.05, 3.63) is 0 Å². The van der Waals surface area contributed by atoms with E-state index in [1.807, 2.05) is 0 Å². The van der Waals surface area contributed by atoms with Crippen LogP contribution in [0.4, 0.5) is 0 Å². The summed E-state index contributed by atoms with van der Waals surface area (Å²) in [5.41, 5.74) is 0. The summed E-state index contributed by atoms with van der Waals surface area (Å²) in [6, 6.07) is 0. The van der Waals surface area contributed by atoms with Crippen LogP contribution in [0.3, 0.4) is 0 Å². The van der Waals surface area contributed by atoms with Crippen LogP contribution in [0, 0.1) is 0 Å². The van der Waals surface area contributed by atoms with Gasteiger partial charge >= 0.3 is 52.1 Å². The molecule has 0 heterocycles. The Morgan fingerprint density at radius 1 is 1.75 bits per heavy atom. The summed E-state index contributed by atoms with van der Waals surface area (Å²) in [7, 11) is 0. The molecule has 1 radical (unpaired) electrons. The monoisotopic (exact) mass is 345 g/mol. The molecule has 0 fully saturated rings. The molecular formula is H4BaPSbV. The summed E-state index contributed by atoms with van der Waals surface area (Å²) in [5.74, 6) is 0. The maximum atomic E-state index is 2.86. The summed E-state index contributed by atoms with van der Waals surface area (Å²) in [6.45, 7) is 0. The minimum atomic E-state index is -0.0367. The van der Waals surface area contributed by atoms with Gasteiger partial charge in [0.25, 0.3) is 0 Å². The molecule has 21 valence electrons. The van der Waals surface area contributed by atoms with Gasteiger partial charge in [0.1, 0.15) is 0 Å². The third-order valence-electron chi connectivity index (χ3n) is 0. The van der Waals surface area contributed by atoms with Crippen LogP contribution in [0.15, 0.2) is 0 Å². The molecule has 0 saturated heterocycles. The number of rotatable bonds is 0. The van der Waals surface area contributed by atoms with Gasteiger partial charge in [-0.1, -0.05) is 0 Å². The fraction of sp³-hybridized carbons (Fsp3) is 0. The summed E-state index contributed by atoms with van der Waals surface area (Å²) in [4.78, 5) is 0. The fourth-order valence-corrected chi connectivity index (χ4v) is 0. The minimum absolute atomic E-state index is 0. The van der Waals surface area contributed by atoms with Gasteiger partial charge in [-0.25, -0.2) is 0 Å². The van der Waals surface area contributed by atoms with Crippen molar-refractivity contribution in [1.29, 1.82) is 0 Å². The van der Waals surface area contributed by atoms with Gasteiger partial charge in [0, 0.05) is 18.6 Å². The third kappa shape index (κ3) is 9.05. The van der Waals surface area contributed by atoms with Gasteiger partial charge in [-0.2, -0.15) is 0 Å². The largest absolute Gasteiger partial charge is 0 e. The van der Waals surface area contributed by atoms with Crippen molar-refractivity contribution in [2.75, 3.05) is 0 Å². The van der Waals surface area contributed by atoms with Gasteiger partial charge in [-0.3, -0.25) is 0 Å². The first kappa shape index (κ1) is 10.4. The Morgan fingerprint density at radius 3 is 1.75 bits per heavy atom. The third-order valence-corrected chi connectivity index (χ3v) is 0. The smallest absolute Gasteiger partial charge is 0 e. The van der Waals surface area contributed by atoms with E-state index < -0.39 is 0 Å². The van der Waals surface area contributed by atoms with Crippen molar-refractivity contribution < 1.29 is 18.6 Å². The molecular weight excluding hydrogens is 341 g/mol. The van der Waals surface area contributed by atoms with E-state index in [4.69, 9.17) is 0 Å². The minimum Gasteiger partial charge on any atom is 0 e. The van der Waals surface area contributed by atoms with Crippen LogP contribution in [0.25, 0.3) is 0 Å². The zero-order chi connectivity index (χ0) is 2.71. The van der Waals surface area contributed by atoms with E-state index in [0.717, 1.165) is 0 Å². The summed E-state index contributed by atoms with van der Waals surface area (Å²) >= 11 is 1.57. The second kappa shape index (κ2) is 9.64. The van der Waals surface area contributed by atoms with Crippen molar-refractivity contribution in [2.24, 2.45) is 0 Å². The van der Waals surface area contributed by atoms with Gasteiger partial charge in [-0.05, 0) is 0 Å². The van der Waals surface area contributed by atoms with E-state index >= 15 is 0 Å².